The summed E-state index contributed by atoms with van der Waals surface area (Å²) in [4.78, 5) is 13.6. The van der Waals surface area contributed by atoms with Crippen molar-refractivity contribution in [3.63, 3.8) is 0 Å². The Balaban J connectivity index is 1.68. The Morgan fingerprint density at radius 1 is 1.30 bits per heavy atom. The van der Waals surface area contributed by atoms with Crippen LogP contribution in [0.25, 0.3) is 11.4 Å². The minimum Gasteiger partial charge on any atom is -0.504 e. The zero-order valence-electron chi connectivity index (χ0n) is 11.7. The van der Waals surface area contributed by atoms with Crippen molar-refractivity contribution in [1.29, 1.82) is 0 Å². The first-order valence-electron chi connectivity index (χ1n) is 6.94. The Labute approximate surface area is 135 Å². The maximum atomic E-state index is 11.1. The molecular weight excluding hydrogens is 320 g/mol. The number of aromatic hydroxyl groups is 1. The lowest BCUT2D eigenvalue weighted by Crippen LogP contribution is -2.03. The molecule has 0 spiro atoms. The fourth-order valence-electron chi connectivity index (χ4n) is 2.73. The van der Waals surface area contributed by atoms with Crippen molar-refractivity contribution in [2.75, 3.05) is 0 Å². The number of nitrogens with one attached hydrogen (secondary N) is 1. The molecule has 0 aliphatic carbocycles. The van der Waals surface area contributed by atoms with Gasteiger partial charge in [-0.15, -0.1) is 0 Å². The summed E-state index contributed by atoms with van der Waals surface area (Å²) < 4.78 is 10.4. The Kier molecular flexibility index (Phi) is 3.12. The molecule has 116 valence electrons. The highest BCUT2D eigenvalue weighted by atomic mass is 35.5. The molecule has 3 aromatic rings. The number of hydrogen-bond acceptors (Lipinski definition) is 5. The number of phenols is 1. The summed E-state index contributed by atoms with van der Waals surface area (Å²) in [6.45, 7) is 0. The van der Waals surface area contributed by atoms with Gasteiger partial charge in [-0.1, -0.05) is 35.0 Å². The number of ether oxygens (including phenoxy) is 1. The average Bonchev–Trinajstić information content (AvgIpc) is 3.14. The highest BCUT2D eigenvalue weighted by Crippen LogP contribution is 2.44. The molecule has 0 saturated carbocycles. The van der Waals surface area contributed by atoms with Crippen LogP contribution < -0.4 is 10.5 Å². The van der Waals surface area contributed by atoms with E-state index in [2.05, 4.69) is 14.7 Å². The van der Waals surface area contributed by atoms with E-state index in [1.54, 1.807) is 6.07 Å². The van der Waals surface area contributed by atoms with Gasteiger partial charge in [0, 0.05) is 28.6 Å². The second-order valence-corrected chi connectivity index (χ2v) is 5.73. The monoisotopic (exact) mass is 330 g/mol. The van der Waals surface area contributed by atoms with Gasteiger partial charge in [-0.3, -0.25) is 9.51 Å². The first-order chi connectivity index (χ1) is 11.1. The molecule has 1 unspecified atom stereocenters. The molecule has 1 aliphatic rings. The molecule has 23 heavy (non-hydrogen) atoms. The number of halogens is 1. The molecule has 2 aromatic carbocycles. The van der Waals surface area contributed by atoms with Crippen molar-refractivity contribution in [3.8, 4) is 22.9 Å². The molecule has 0 amide bonds. The molecule has 2 heterocycles. The number of hydrogen-bond donors (Lipinski definition) is 2. The Morgan fingerprint density at radius 2 is 2.17 bits per heavy atom. The molecule has 0 radical (unpaired) electrons. The molecule has 0 fully saturated rings. The minimum atomic E-state index is -0.602. The Hall–Kier alpha value is -2.73. The maximum absolute atomic E-state index is 11.1. The lowest BCUT2D eigenvalue weighted by molar-refractivity contribution is 0.230. The number of nitrogens with zero attached hydrogens (tertiary/aromatic N) is 1. The predicted molar refractivity (Wildman–Crippen MR) is 82.7 cm³/mol. The number of H-pyrrole nitrogens is 1. The molecule has 1 aromatic heterocycles. The number of benzene rings is 2. The second-order valence-electron chi connectivity index (χ2n) is 5.29. The van der Waals surface area contributed by atoms with Gasteiger partial charge in [0.25, 0.3) is 0 Å². The number of rotatable bonds is 2. The van der Waals surface area contributed by atoms with Crippen LogP contribution in [0, 0.1) is 0 Å². The van der Waals surface area contributed by atoms with E-state index in [9.17, 15) is 9.90 Å². The SMILES string of the molecule is O=c1[nH]c(-c2cccc(C3Cc4cc(Cl)cc(O)c4O3)c2)no1. The quantitative estimate of drug-likeness (QED) is 0.754. The molecular formula is C16H11ClN2O4. The third kappa shape index (κ3) is 2.47. The standard InChI is InChI=1S/C16H11ClN2O4/c17-11-5-10-6-13(22-14(10)12(20)7-11)8-2-1-3-9(4-8)15-18-16(21)23-19-15/h1-5,7,13,20H,6H2,(H,18,19,21). The molecule has 4 rings (SSSR count). The number of fused-ring (bicyclic) bond motifs is 1. The zero-order chi connectivity index (χ0) is 16.0. The van der Waals surface area contributed by atoms with Crippen LogP contribution in [0.5, 0.6) is 11.5 Å². The zero-order valence-corrected chi connectivity index (χ0v) is 12.5. The number of aromatic amines is 1. The van der Waals surface area contributed by atoms with Crippen LogP contribution in [-0.4, -0.2) is 15.2 Å². The summed E-state index contributed by atoms with van der Waals surface area (Å²) in [5.74, 6) is 0.249. The Bertz CT molecular complexity index is 947. The van der Waals surface area contributed by atoms with E-state index in [0.29, 0.717) is 23.0 Å². The van der Waals surface area contributed by atoms with Crippen molar-refractivity contribution in [2.45, 2.75) is 12.5 Å². The van der Waals surface area contributed by atoms with Gasteiger partial charge in [0.15, 0.2) is 17.3 Å². The summed E-state index contributed by atoms with van der Waals surface area (Å²) >= 11 is 5.96. The molecule has 0 bridgehead atoms. The highest BCUT2D eigenvalue weighted by Gasteiger charge is 2.27. The van der Waals surface area contributed by atoms with Gasteiger partial charge in [0.05, 0.1) is 0 Å². The van der Waals surface area contributed by atoms with Crippen molar-refractivity contribution >= 4 is 11.6 Å². The lowest BCUT2D eigenvalue weighted by Gasteiger charge is -2.12. The van der Waals surface area contributed by atoms with E-state index in [0.717, 1.165) is 16.7 Å². The number of phenolic OH excluding ortho intramolecular Hbond substituents is 1. The molecule has 1 atom stereocenters. The van der Waals surface area contributed by atoms with Crippen LogP contribution in [0.4, 0.5) is 0 Å². The van der Waals surface area contributed by atoms with Gasteiger partial charge in [0.1, 0.15) is 6.10 Å². The van der Waals surface area contributed by atoms with Gasteiger partial charge >= 0.3 is 5.76 Å². The van der Waals surface area contributed by atoms with Crippen LogP contribution in [0.2, 0.25) is 5.02 Å². The van der Waals surface area contributed by atoms with Crippen LogP contribution >= 0.6 is 11.6 Å². The van der Waals surface area contributed by atoms with Gasteiger partial charge in [-0.2, -0.15) is 0 Å². The summed E-state index contributed by atoms with van der Waals surface area (Å²) in [7, 11) is 0. The molecule has 0 saturated heterocycles. The molecule has 7 heteroatoms. The van der Waals surface area contributed by atoms with Crippen LogP contribution in [0.3, 0.4) is 0 Å². The van der Waals surface area contributed by atoms with E-state index in [-0.39, 0.29) is 11.9 Å². The number of aromatic nitrogens is 2. The van der Waals surface area contributed by atoms with E-state index >= 15 is 0 Å². The van der Waals surface area contributed by atoms with E-state index in [4.69, 9.17) is 16.3 Å². The van der Waals surface area contributed by atoms with Crippen molar-refractivity contribution in [3.05, 3.63) is 63.1 Å². The van der Waals surface area contributed by atoms with Gasteiger partial charge in [-0.05, 0) is 17.7 Å². The minimum absolute atomic E-state index is 0.0342. The van der Waals surface area contributed by atoms with Crippen LogP contribution in [0.15, 0.2) is 45.7 Å². The van der Waals surface area contributed by atoms with Crippen LogP contribution in [0.1, 0.15) is 17.2 Å². The summed E-state index contributed by atoms with van der Waals surface area (Å²) in [5.41, 5.74) is 2.48. The third-order valence-electron chi connectivity index (χ3n) is 3.75. The topological polar surface area (TPSA) is 88.4 Å². The average molecular weight is 331 g/mol. The second kappa shape index (κ2) is 5.17. The third-order valence-corrected chi connectivity index (χ3v) is 3.97. The summed E-state index contributed by atoms with van der Waals surface area (Å²) in [5, 5.41) is 14.1. The van der Waals surface area contributed by atoms with Crippen molar-refractivity contribution in [1.82, 2.24) is 10.1 Å². The fourth-order valence-corrected chi connectivity index (χ4v) is 2.97. The predicted octanol–water partition coefficient (Wildman–Crippen LogP) is 3.07. The Morgan fingerprint density at radius 3 is 2.96 bits per heavy atom. The van der Waals surface area contributed by atoms with Crippen molar-refractivity contribution < 1.29 is 14.4 Å². The van der Waals surface area contributed by atoms with Crippen LogP contribution in [-0.2, 0) is 6.42 Å². The molecule has 1 aliphatic heterocycles. The maximum Gasteiger partial charge on any atom is 0.439 e. The first kappa shape index (κ1) is 13.9. The summed E-state index contributed by atoms with van der Waals surface area (Å²) in [6, 6.07) is 10.7. The fraction of sp³-hybridized carbons (Fsp3) is 0.125. The van der Waals surface area contributed by atoms with Gasteiger partial charge < -0.3 is 9.84 Å². The largest absolute Gasteiger partial charge is 0.504 e. The van der Waals surface area contributed by atoms with Crippen molar-refractivity contribution in [2.24, 2.45) is 0 Å². The van der Waals surface area contributed by atoms with E-state index in [1.165, 1.54) is 6.07 Å². The summed E-state index contributed by atoms with van der Waals surface area (Å²) in [6.07, 6.45) is 0.357. The molecule has 2 N–H and O–H groups in total. The molecule has 6 nitrogen and oxygen atoms in total. The van der Waals surface area contributed by atoms with Gasteiger partial charge in [-0.25, -0.2) is 4.79 Å². The first-order valence-corrected chi connectivity index (χ1v) is 7.32. The van der Waals surface area contributed by atoms with Gasteiger partial charge in [0.2, 0.25) is 0 Å². The normalized spacial score (nSPS) is 16.1. The van der Waals surface area contributed by atoms with E-state index in [1.807, 2.05) is 24.3 Å². The smallest absolute Gasteiger partial charge is 0.439 e. The lowest BCUT2D eigenvalue weighted by atomic mass is 10.0. The highest BCUT2D eigenvalue weighted by molar-refractivity contribution is 6.30. The van der Waals surface area contributed by atoms with E-state index < -0.39 is 5.76 Å².